The molecule has 0 aromatic heterocycles. The molecule has 0 radical (unpaired) electrons. The monoisotopic (exact) mass is 187 g/mol. The third-order valence-electron chi connectivity index (χ3n) is 3.17. The van der Waals surface area contributed by atoms with Crippen LogP contribution in [0.15, 0.2) is 0 Å². The van der Waals surface area contributed by atoms with Gasteiger partial charge in [0.25, 0.3) is 0 Å². The highest BCUT2D eigenvalue weighted by Gasteiger charge is 2.54. The molecule has 2 saturated heterocycles. The van der Waals surface area contributed by atoms with Crippen molar-refractivity contribution in [3.8, 4) is 0 Å². The van der Waals surface area contributed by atoms with Gasteiger partial charge in [-0.1, -0.05) is 0 Å². The number of carbonyl (C=O) groups excluding carboxylic acids is 1. The molecule has 0 aromatic rings. The molecule has 2 atom stereocenters. The van der Waals surface area contributed by atoms with Crippen LogP contribution in [0.3, 0.4) is 0 Å². The van der Waals surface area contributed by atoms with Crippen molar-refractivity contribution in [2.24, 2.45) is 0 Å². The molecule has 0 spiro atoms. The van der Waals surface area contributed by atoms with Crippen LogP contribution in [0, 0.1) is 0 Å². The van der Waals surface area contributed by atoms with Gasteiger partial charge in [-0.05, 0) is 19.4 Å². The molecule has 0 N–H and O–H groups in total. The van der Waals surface area contributed by atoms with Gasteiger partial charge in [0.2, 0.25) is 0 Å². The van der Waals surface area contributed by atoms with Crippen LogP contribution in [0.25, 0.3) is 0 Å². The van der Waals surface area contributed by atoms with Crippen molar-refractivity contribution in [1.29, 1.82) is 0 Å². The lowest BCUT2D eigenvalue weighted by molar-refractivity contribution is -0.151. The Morgan fingerprint density at radius 3 is 3.15 bits per heavy atom. The summed E-state index contributed by atoms with van der Waals surface area (Å²) in [4.78, 5) is 13.5. The van der Waals surface area contributed by atoms with E-state index in [1.165, 1.54) is 7.11 Å². The van der Waals surface area contributed by atoms with Gasteiger partial charge in [-0.15, -0.1) is 0 Å². The van der Waals surface area contributed by atoms with Crippen LogP contribution in [0.5, 0.6) is 0 Å². The van der Waals surface area contributed by atoms with Gasteiger partial charge in [-0.3, -0.25) is 9.69 Å². The van der Waals surface area contributed by atoms with Crippen molar-refractivity contribution in [3.63, 3.8) is 0 Å². The molecular formula is C9H14FNO2. The molecule has 2 aliphatic rings. The second-order valence-electron chi connectivity index (χ2n) is 3.87. The first-order valence-corrected chi connectivity index (χ1v) is 4.66. The predicted molar refractivity (Wildman–Crippen MR) is 45.1 cm³/mol. The molecule has 2 rings (SSSR count). The molecule has 0 saturated carbocycles. The lowest BCUT2D eigenvalue weighted by atomic mass is 9.94. The number of halogens is 1. The van der Waals surface area contributed by atoms with Crippen molar-refractivity contribution in [1.82, 2.24) is 4.90 Å². The lowest BCUT2D eigenvalue weighted by Crippen LogP contribution is -2.46. The maximum absolute atomic E-state index is 13.1. The van der Waals surface area contributed by atoms with E-state index in [1.54, 1.807) is 0 Å². The second-order valence-corrected chi connectivity index (χ2v) is 3.87. The van der Waals surface area contributed by atoms with Crippen molar-refractivity contribution in [2.75, 3.05) is 20.2 Å². The molecule has 0 aromatic carbocycles. The Kier molecular flexibility index (Phi) is 2.02. The molecule has 0 aliphatic carbocycles. The molecule has 74 valence electrons. The molecule has 1 unspecified atom stereocenters. The molecule has 3 nitrogen and oxygen atoms in total. The highest BCUT2D eigenvalue weighted by atomic mass is 19.1. The summed E-state index contributed by atoms with van der Waals surface area (Å²) in [6.45, 7) is 1.23. The number of hydrogen-bond donors (Lipinski definition) is 0. The first-order valence-electron chi connectivity index (χ1n) is 4.66. The van der Waals surface area contributed by atoms with Gasteiger partial charge in [-0.2, -0.15) is 0 Å². The van der Waals surface area contributed by atoms with Crippen LogP contribution in [0.1, 0.15) is 19.3 Å². The summed E-state index contributed by atoms with van der Waals surface area (Å²) < 4.78 is 17.9. The smallest absolute Gasteiger partial charge is 0.326 e. The lowest BCUT2D eigenvalue weighted by Gasteiger charge is -2.27. The number of rotatable bonds is 1. The number of alkyl halides is 1. The maximum atomic E-state index is 13.1. The van der Waals surface area contributed by atoms with Gasteiger partial charge in [0, 0.05) is 13.0 Å². The molecule has 2 heterocycles. The molecule has 2 fully saturated rings. The summed E-state index contributed by atoms with van der Waals surface area (Å²) >= 11 is 0. The average Bonchev–Trinajstić information content (AvgIpc) is 2.59. The van der Waals surface area contributed by atoms with E-state index in [0.29, 0.717) is 13.0 Å². The third kappa shape index (κ3) is 1.15. The molecular weight excluding hydrogens is 173 g/mol. The van der Waals surface area contributed by atoms with Crippen molar-refractivity contribution >= 4 is 5.97 Å². The van der Waals surface area contributed by atoms with Crippen LogP contribution in [0.4, 0.5) is 4.39 Å². The highest BCUT2D eigenvalue weighted by molar-refractivity contribution is 5.81. The van der Waals surface area contributed by atoms with Crippen LogP contribution < -0.4 is 0 Å². The largest absolute Gasteiger partial charge is 0.468 e. The van der Waals surface area contributed by atoms with Gasteiger partial charge >= 0.3 is 5.97 Å². The van der Waals surface area contributed by atoms with E-state index in [4.69, 9.17) is 4.74 Å². The summed E-state index contributed by atoms with van der Waals surface area (Å²) in [5.41, 5.74) is -0.617. The molecule has 2 aliphatic heterocycles. The Hall–Kier alpha value is -0.640. The van der Waals surface area contributed by atoms with Gasteiger partial charge in [0.15, 0.2) is 0 Å². The zero-order valence-electron chi connectivity index (χ0n) is 7.75. The SMILES string of the molecule is COC(=O)C12CCCN1C[C@H](F)C2. The normalized spacial score (nSPS) is 39.1. The fourth-order valence-electron chi connectivity index (χ4n) is 2.61. The van der Waals surface area contributed by atoms with Gasteiger partial charge in [-0.25, -0.2) is 4.39 Å². The summed E-state index contributed by atoms with van der Waals surface area (Å²) in [5.74, 6) is -0.259. The minimum Gasteiger partial charge on any atom is -0.468 e. The van der Waals surface area contributed by atoms with E-state index in [1.807, 2.05) is 4.90 Å². The van der Waals surface area contributed by atoms with E-state index in [2.05, 4.69) is 0 Å². The average molecular weight is 187 g/mol. The zero-order chi connectivity index (χ0) is 9.47. The second kappa shape index (κ2) is 2.94. The van der Waals surface area contributed by atoms with Crippen molar-refractivity contribution < 1.29 is 13.9 Å². The number of ether oxygens (including phenoxy) is 1. The number of esters is 1. The van der Waals surface area contributed by atoms with Gasteiger partial charge in [0.05, 0.1) is 7.11 Å². The molecule has 13 heavy (non-hydrogen) atoms. The number of carbonyl (C=O) groups is 1. The minimum absolute atomic E-state index is 0.259. The number of hydrogen-bond acceptors (Lipinski definition) is 3. The van der Waals surface area contributed by atoms with Gasteiger partial charge in [0.1, 0.15) is 11.7 Å². The Morgan fingerprint density at radius 2 is 2.46 bits per heavy atom. The molecule has 0 amide bonds. The van der Waals surface area contributed by atoms with E-state index in [-0.39, 0.29) is 5.97 Å². The number of methoxy groups -OCH3 is 1. The standard InChI is InChI=1S/C9H14FNO2/c1-13-8(12)9-3-2-4-11(9)6-7(10)5-9/h7H,2-6H2,1H3/t7-,9?/m1/s1. The predicted octanol–water partition coefficient (Wildman–Crippen LogP) is 0.736. The summed E-state index contributed by atoms with van der Waals surface area (Å²) in [6, 6.07) is 0. The highest BCUT2D eigenvalue weighted by Crippen LogP contribution is 2.40. The van der Waals surface area contributed by atoms with E-state index < -0.39 is 11.7 Å². The van der Waals surface area contributed by atoms with Gasteiger partial charge < -0.3 is 4.74 Å². The maximum Gasteiger partial charge on any atom is 0.326 e. The topological polar surface area (TPSA) is 29.5 Å². The molecule has 4 heteroatoms. The Balaban J connectivity index is 2.23. The first-order chi connectivity index (χ1) is 6.19. The third-order valence-corrected chi connectivity index (χ3v) is 3.17. The van der Waals surface area contributed by atoms with Crippen LogP contribution in [-0.4, -0.2) is 42.8 Å². The van der Waals surface area contributed by atoms with Crippen LogP contribution in [-0.2, 0) is 9.53 Å². The van der Waals surface area contributed by atoms with Crippen LogP contribution in [0.2, 0.25) is 0 Å². The van der Waals surface area contributed by atoms with Crippen molar-refractivity contribution in [3.05, 3.63) is 0 Å². The Bertz CT molecular complexity index is 234. The zero-order valence-corrected chi connectivity index (χ0v) is 7.75. The van der Waals surface area contributed by atoms with Crippen molar-refractivity contribution in [2.45, 2.75) is 31.0 Å². The quantitative estimate of drug-likeness (QED) is 0.567. The fraction of sp³-hybridized carbons (Fsp3) is 0.889. The first kappa shape index (κ1) is 8.94. The van der Waals surface area contributed by atoms with E-state index in [0.717, 1.165) is 19.4 Å². The van der Waals surface area contributed by atoms with E-state index >= 15 is 0 Å². The summed E-state index contributed by atoms with van der Waals surface area (Å²) in [5, 5.41) is 0. The number of fused-ring (bicyclic) bond motifs is 1. The Labute approximate surface area is 76.8 Å². The fourth-order valence-corrected chi connectivity index (χ4v) is 2.61. The van der Waals surface area contributed by atoms with Crippen LogP contribution >= 0.6 is 0 Å². The minimum atomic E-state index is -0.862. The molecule has 0 bridgehead atoms. The summed E-state index contributed by atoms with van der Waals surface area (Å²) in [6.07, 6.45) is 1.18. The van der Waals surface area contributed by atoms with E-state index in [9.17, 15) is 9.18 Å². The number of nitrogens with zero attached hydrogens (tertiary/aromatic N) is 1. The summed E-state index contributed by atoms with van der Waals surface area (Å²) in [7, 11) is 1.37. The Morgan fingerprint density at radius 1 is 1.69 bits per heavy atom.